The predicted molar refractivity (Wildman–Crippen MR) is 66.8 cm³/mol. The van der Waals surface area contributed by atoms with Crippen LogP contribution in [0.25, 0.3) is 23.2 Å². The highest BCUT2D eigenvalue weighted by Crippen LogP contribution is 2.21. The second-order valence-corrected chi connectivity index (χ2v) is 4.14. The van der Waals surface area contributed by atoms with E-state index in [0.29, 0.717) is 17.3 Å². The third-order valence-corrected chi connectivity index (χ3v) is 2.56. The van der Waals surface area contributed by atoms with Crippen LogP contribution in [-0.4, -0.2) is 30.3 Å². The second-order valence-electron chi connectivity index (χ2n) is 4.14. The Bertz CT molecular complexity index is 730. The van der Waals surface area contributed by atoms with E-state index < -0.39 is 0 Å². The number of hydrogen-bond donors (Lipinski definition) is 2. The van der Waals surface area contributed by atoms with Gasteiger partial charge in [0.2, 0.25) is 17.6 Å². The third kappa shape index (κ3) is 2.03. The summed E-state index contributed by atoms with van der Waals surface area (Å²) in [5.74, 6) is 1.09. The minimum atomic E-state index is 0.124. The normalized spacial score (nSPS) is 10.8. The van der Waals surface area contributed by atoms with Gasteiger partial charge in [-0.05, 0) is 25.0 Å². The Morgan fingerprint density at radius 2 is 2.11 bits per heavy atom. The number of hydrogen-bond acceptors (Lipinski definition) is 7. The number of nitrogens with two attached hydrogens (primary N) is 1. The highest BCUT2D eigenvalue weighted by molar-refractivity contribution is 5.56. The van der Waals surface area contributed by atoms with Crippen LogP contribution >= 0.6 is 0 Å². The molecule has 0 amide bonds. The summed E-state index contributed by atoms with van der Waals surface area (Å²) in [6.07, 6.45) is 1.75. The lowest BCUT2D eigenvalue weighted by Crippen LogP contribution is -1.91. The first kappa shape index (κ1) is 11.3. The predicted octanol–water partition coefficient (Wildman–Crippen LogP) is 1.12. The van der Waals surface area contributed by atoms with Crippen LogP contribution in [0.4, 0.5) is 5.95 Å². The maximum absolute atomic E-state index is 5.42. The number of nitrogens with one attached hydrogen (secondary N) is 1. The summed E-state index contributed by atoms with van der Waals surface area (Å²) >= 11 is 0. The average molecular weight is 257 g/mol. The van der Waals surface area contributed by atoms with Crippen LogP contribution in [-0.2, 0) is 0 Å². The summed E-state index contributed by atoms with van der Waals surface area (Å²) in [5.41, 5.74) is 8.15. The van der Waals surface area contributed by atoms with Crippen LogP contribution in [0.1, 0.15) is 11.1 Å². The molecule has 0 fully saturated rings. The summed E-state index contributed by atoms with van der Waals surface area (Å²) in [5, 5.41) is 10.2. The number of nitrogens with zero attached hydrogens (tertiary/aromatic N) is 5. The number of pyridine rings is 1. The molecule has 0 unspecified atom stereocenters. The molecule has 3 aromatic heterocycles. The van der Waals surface area contributed by atoms with E-state index in [-0.39, 0.29) is 11.8 Å². The van der Waals surface area contributed by atoms with Crippen LogP contribution in [0.3, 0.4) is 0 Å². The number of nitrogen functional groups attached to an aromatic ring is 1. The third-order valence-electron chi connectivity index (χ3n) is 2.56. The molecule has 8 nitrogen and oxygen atoms in total. The molecule has 0 bridgehead atoms. The highest BCUT2D eigenvalue weighted by Gasteiger charge is 2.16. The number of anilines is 1. The van der Waals surface area contributed by atoms with Gasteiger partial charge in [0.05, 0.1) is 0 Å². The van der Waals surface area contributed by atoms with E-state index in [1.807, 2.05) is 19.9 Å². The van der Waals surface area contributed by atoms with Crippen molar-refractivity contribution in [3.63, 3.8) is 0 Å². The zero-order chi connectivity index (χ0) is 13.4. The molecule has 3 rings (SSSR count). The summed E-state index contributed by atoms with van der Waals surface area (Å²) in [6, 6.07) is 2.00. The number of aryl methyl sites for hydroxylation is 2. The number of rotatable bonds is 2. The van der Waals surface area contributed by atoms with E-state index in [9.17, 15) is 0 Å². The van der Waals surface area contributed by atoms with Gasteiger partial charge >= 0.3 is 0 Å². The maximum Gasteiger partial charge on any atom is 0.295 e. The fraction of sp³-hybridized carbons (Fsp3) is 0.182. The minimum Gasteiger partial charge on any atom is -0.366 e. The van der Waals surface area contributed by atoms with Crippen molar-refractivity contribution in [1.29, 1.82) is 0 Å². The molecule has 3 aromatic rings. The Hall–Kier alpha value is -2.77. The monoisotopic (exact) mass is 257 g/mol. The fourth-order valence-corrected chi connectivity index (χ4v) is 1.74. The molecular formula is C11H11N7O. The van der Waals surface area contributed by atoms with Gasteiger partial charge in [0.15, 0.2) is 0 Å². The molecule has 0 spiro atoms. The number of aromatic amines is 1. The molecule has 0 aromatic carbocycles. The van der Waals surface area contributed by atoms with Gasteiger partial charge in [-0.15, -0.1) is 5.10 Å². The first-order valence-corrected chi connectivity index (χ1v) is 5.59. The standard InChI is InChI=1S/C11H11N7O/c1-5-3-6(2)7(13-4-5)8-14-10(19-18-8)9-15-11(12)17-16-9/h3-4H,1-2H3,(H3,12,15,16,17). The highest BCUT2D eigenvalue weighted by atomic mass is 16.5. The van der Waals surface area contributed by atoms with E-state index in [4.69, 9.17) is 10.3 Å². The van der Waals surface area contributed by atoms with E-state index in [1.54, 1.807) is 6.20 Å². The van der Waals surface area contributed by atoms with Crippen molar-refractivity contribution in [2.45, 2.75) is 13.8 Å². The SMILES string of the molecule is Cc1cnc(-c2noc(-c3nc(N)n[nH]3)n2)c(C)c1. The van der Waals surface area contributed by atoms with Crippen LogP contribution < -0.4 is 5.73 Å². The minimum absolute atomic E-state index is 0.124. The fourth-order valence-electron chi connectivity index (χ4n) is 1.74. The Balaban J connectivity index is 2.01. The van der Waals surface area contributed by atoms with Crippen LogP contribution in [0.15, 0.2) is 16.8 Å². The molecule has 0 aliphatic carbocycles. The molecule has 0 aliphatic rings. The molecule has 0 saturated carbocycles. The summed E-state index contributed by atoms with van der Waals surface area (Å²) in [6.45, 7) is 3.92. The molecule has 0 radical (unpaired) electrons. The molecule has 3 heterocycles. The van der Waals surface area contributed by atoms with Crippen LogP contribution in [0, 0.1) is 13.8 Å². The molecule has 96 valence electrons. The molecular weight excluding hydrogens is 246 g/mol. The Morgan fingerprint density at radius 3 is 2.79 bits per heavy atom. The quantitative estimate of drug-likeness (QED) is 0.705. The summed E-state index contributed by atoms with van der Waals surface area (Å²) in [7, 11) is 0. The van der Waals surface area contributed by atoms with Gasteiger partial charge < -0.3 is 10.3 Å². The average Bonchev–Trinajstić information content (AvgIpc) is 2.97. The number of aromatic nitrogens is 6. The van der Waals surface area contributed by atoms with E-state index >= 15 is 0 Å². The zero-order valence-corrected chi connectivity index (χ0v) is 10.4. The Kier molecular flexibility index (Phi) is 2.48. The first-order valence-electron chi connectivity index (χ1n) is 5.59. The molecule has 0 atom stereocenters. The van der Waals surface area contributed by atoms with Gasteiger partial charge in [-0.1, -0.05) is 11.2 Å². The van der Waals surface area contributed by atoms with Crippen LogP contribution in [0.2, 0.25) is 0 Å². The Morgan fingerprint density at radius 1 is 1.26 bits per heavy atom. The van der Waals surface area contributed by atoms with Crippen molar-refractivity contribution in [3.8, 4) is 23.2 Å². The largest absolute Gasteiger partial charge is 0.366 e. The van der Waals surface area contributed by atoms with Crippen molar-refractivity contribution in [3.05, 3.63) is 23.4 Å². The molecule has 19 heavy (non-hydrogen) atoms. The van der Waals surface area contributed by atoms with E-state index in [0.717, 1.165) is 11.1 Å². The Labute approximate surface area is 108 Å². The zero-order valence-electron chi connectivity index (χ0n) is 10.4. The van der Waals surface area contributed by atoms with E-state index in [2.05, 4.69) is 30.3 Å². The molecule has 3 N–H and O–H groups in total. The second kappa shape index (κ2) is 4.16. The topological polar surface area (TPSA) is 119 Å². The van der Waals surface area contributed by atoms with E-state index in [1.165, 1.54) is 0 Å². The summed E-state index contributed by atoms with van der Waals surface area (Å²) < 4.78 is 5.11. The van der Waals surface area contributed by atoms with Gasteiger partial charge in [-0.3, -0.25) is 10.1 Å². The van der Waals surface area contributed by atoms with Crippen molar-refractivity contribution in [2.75, 3.05) is 5.73 Å². The van der Waals surface area contributed by atoms with Gasteiger partial charge in [0.25, 0.3) is 5.89 Å². The maximum atomic E-state index is 5.42. The number of H-pyrrole nitrogens is 1. The lowest BCUT2D eigenvalue weighted by atomic mass is 10.1. The van der Waals surface area contributed by atoms with Gasteiger partial charge in [0.1, 0.15) is 5.69 Å². The smallest absolute Gasteiger partial charge is 0.295 e. The molecule has 0 saturated heterocycles. The van der Waals surface area contributed by atoms with Gasteiger partial charge in [0, 0.05) is 6.20 Å². The van der Waals surface area contributed by atoms with Gasteiger partial charge in [-0.25, -0.2) is 0 Å². The lowest BCUT2D eigenvalue weighted by molar-refractivity contribution is 0.429. The van der Waals surface area contributed by atoms with Crippen molar-refractivity contribution >= 4 is 5.95 Å². The first-order chi connectivity index (χ1) is 9.13. The van der Waals surface area contributed by atoms with Crippen molar-refractivity contribution in [2.24, 2.45) is 0 Å². The van der Waals surface area contributed by atoms with Crippen molar-refractivity contribution in [1.82, 2.24) is 30.3 Å². The van der Waals surface area contributed by atoms with Crippen LogP contribution in [0.5, 0.6) is 0 Å². The lowest BCUT2D eigenvalue weighted by Gasteiger charge is -2.00. The summed E-state index contributed by atoms with van der Waals surface area (Å²) in [4.78, 5) is 12.4. The van der Waals surface area contributed by atoms with Crippen molar-refractivity contribution < 1.29 is 4.52 Å². The van der Waals surface area contributed by atoms with Gasteiger partial charge in [-0.2, -0.15) is 9.97 Å². The molecule has 0 aliphatic heterocycles. The molecule has 8 heteroatoms.